The van der Waals surface area contributed by atoms with Crippen LogP contribution in [0.15, 0.2) is 40.8 Å². The Kier molecular flexibility index (Phi) is 3.72. The molecule has 1 atom stereocenters. The summed E-state index contributed by atoms with van der Waals surface area (Å²) in [5.41, 5.74) is 2.55. The van der Waals surface area contributed by atoms with Gasteiger partial charge in [-0.1, -0.05) is 45.8 Å². The standard InChI is InChI=1S/C13H12BrClO/c1-9-2-4-10(5-3-9)8-11(14)12-6-7-13(15)16-12/h2-7,11H,8H2,1H3. The molecule has 0 aliphatic rings. The molecule has 1 aromatic carbocycles. The Morgan fingerprint density at radius 3 is 2.44 bits per heavy atom. The van der Waals surface area contributed by atoms with Crippen LogP contribution in [0.25, 0.3) is 0 Å². The van der Waals surface area contributed by atoms with Crippen molar-refractivity contribution in [2.24, 2.45) is 0 Å². The van der Waals surface area contributed by atoms with E-state index in [9.17, 15) is 0 Å². The van der Waals surface area contributed by atoms with Gasteiger partial charge in [-0.3, -0.25) is 0 Å². The van der Waals surface area contributed by atoms with Gasteiger partial charge in [0.1, 0.15) is 5.76 Å². The summed E-state index contributed by atoms with van der Waals surface area (Å²) in [5.74, 6) is 0.866. The highest BCUT2D eigenvalue weighted by atomic mass is 79.9. The zero-order valence-corrected chi connectivity index (χ0v) is 11.3. The van der Waals surface area contributed by atoms with Crippen molar-refractivity contribution in [2.75, 3.05) is 0 Å². The zero-order valence-electron chi connectivity index (χ0n) is 8.91. The summed E-state index contributed by atoms with van der Waals surface area (Å²) in [6.07, 6.45) is 0.893. The molecular formula is C13H12BrClO. The smallest absolute Gasteiger partial charge is 0.193 e. The summed E-state index contributed by atoms with van der Waals surface area (Å²) in [6, 6.07) is 12.2. The highest BCUT2D eigenvalue weighted by Gasteiger charge is 2.12. The highest BCUT2D eigenvalue weighted by Crippen LogP contribution is 2.29. The van der Waals surface area contributed by atoms with Crippen LogP contribution in [0.5, 0.6) is 0 Å². The Morgan fingerprint density at radius 2 is 1.88 bits per heavy atom. The van der Waals surface area contributed by atoms with Crippen LogP contribution in [0.1, 0.15) is 21.7 Å². The van der Waals surface area contributed by atoms with Crippen LogP contribution in [-0.4, -0.2) is 0 Å². The first kappa shape index (κ1) is 11.7. The van der Waals surface area contributed by atoms with Crippen molar-refractivity contribution < 1.29 is 4.42 Å². The third kappa shape index (κ3) is 2.89. The predicted molar refractivity (Wildman–Crippen MR) is 70.3 cm³/mol. The maximum absolute atomic E-state index is 5.74. The molecule has 0 spiro atoms. The van der Waals surface area contributed by atoms with Crippen LogP contribution in [0, 0.1) is 6.92 Å². The van der Waals surface area contributed by atoms with E-state index in [1.807, 2.05) is 6.07 Å². The molecule has 0 saturated carbocycles. The lowest BCUT2D eigenvalue weighted by Crippen LogP contribution is -1.93. The van der Waals surface area contributed by atoms with E-state index in [1.165, 1.54) is 11.1 Å². The molecule has 1 aromatic heterocycles. The summed E-state index contributed by atoms with van der Waals surface area (Å²) >= 11 is 9.34. The fourth-order valence-electron chi connectivity index (χ4n) is 1.53. The maximum Gasteiger partial charge on any atom is 0.193 e. The normalized spacial score (nSPS) is 12.7. The van der Waals surface area contributed by atoms with E-state index in [4.69, 9.17) is 16.0 Å². The van der Waals surface area contributed by atoms with E-state index in [1.54, 1.807) is 6.07 Å². The van der Waals surface area contributed by atoms with Gasteiger partial charge in [0.2, 0.25) is 0 Å². The van der Waals surface area contributed by atoms with Crippen molar-refractivity contribution in [3.05, 3.63) is 58.5 Å². The molecule has 1 heterocycles. The molecule has 3 heteroatoms. The van der Waals surface area contributed by atoms with Crippen LogP contribution < -0.4 is 0 Å². The number of alkyl halides is 1. The Labute approximate surface area is 109 Å². The molecule has 0 bridgehead atoms. The van der Waals surface area contributed by atoms with Gasteiger partial charge >= 0.3 is 0 Å². The zero-order chi connectivity index (χ0) is 11.5. The lowest BCUT2D eigenvalue weighted by Gasteiger charge is -2.07. The van der Waals surface area contributed by atoms with Crippen molar-refractivity contribution in [2.45, 2.75) is 18.2 Å². The summed E-state index contributed by atoms with van der Waals surface area (Å²) in [4.78, 5) is 0.169. The number of hydrogen-bond donors (Lipinski definition) is 0. The fraction of sp³-hybridized carbons (Fsp3) is 0.231. The van der Waals surface area contributed by atoms with E-state index in [0.29, 0.717) is 5.22 Å². The summed E-state index contributed by atoms with van der Waals surface area (Å²) in [5, 5.41) is 0.434. The van der Waals surface area contributed by atoms with Crippen molar-refractivity contribution in [3.8, 4) is 0 Å². The van der Waals surface area contributed by atoms with E-state index in [0.717, 1.165) is 12.2 Å². The van der Waals surface area contributed by atoms with E-state index >= 15 is 0 Å². The summed E-state index contributed by atoms with van der Waals surface area (Å²) in [6.45, 7) is 2.09. The molecule has 0 saturated heterocycles. The number of aryl methyl sites for hydroxylation is 1. The Morgan fingerprint density at radius 1 is 1.19 bits per heavy atom. The second-order valence-electron chi connectivity index (χ2n) is 3.80. The van der Waals surface area contributed by atoms with Crippen LogP contribution >= 0.6 is 27.5 Å². The van der Waals surface area contributed by atoms with Gasteiger partial charge < -0.3 is 4.42 Å². The molecular weight excluding hydrogens is 287 g/mol. The molecule has 84 valence electrons. The van der Waals surface area contributed by atoms with Gasteiger partial charge in [-0.25, -0.2) is 0 Å². The first-order valence-corrected chi connectivity index (χ1v) is 6.39. The molecule has 0 N–H and O–H groups in total. The molecule has 1 unspecified atom stereocenters. The Bertz CT molecular complexity index is 461. The topological polar surface area (TPSA) is 13.1 Å². The van der Waals surface area contributed by atoms with Crippen LogP contribution in [-0.2, 0) is 6.42 Å². The van der Waals surface area contributed by atoms with Crippen LogP contribution in [0.3, 0.4) is 0 Å². The minimum absolute atomic E-state index is 0.169. The monoisotopic (exact) mass is 298 g/mol. The van der Waals surface area contributed by atoms with Gasteiger partial charge in [0.15, 0.2) is 5.22 Å². The summed E-state index contributed by atoms with van der Waals surface area (Å²) in [7, 11) is 0. The lowest BCUT2D eigenvalue weighted by atomic mass is 10.1. The first-order valence-electron chi connectivity index (χ1n) is 5.10. The van der Waals surface area contributed by atoms with Crippen molar-refractivity contribution in [3.63, 3.8) is 0 Å². The third-order valence-electron chi connectivity index (χ3n) is 2.44. The van der Waals surface area contributed by atoms with E-state index in [2.05, 4.69) is 47.1 Å². The molecule has 2 rings (SSSR count). The van der Waals surface area contributed by atoms with Gasteiger partial charge in [-0.2, -0.15) is 0 Å². The fourth-order valence-corrected chi connectivity index (χ4v) is 2.30. The molecule has 0 fully saturated rings. The van der Waals surface area contributed by atoms with Crippen molar-refractivity contribution in [1.29, 1.82) is 0 Å². The van der Waals surface area contributed by atoms with E-state index < -0.39 is 0 Å². The molecule has 0 aliphatic heterocycles. The van der Waals surface area contributed by atoms with Gasteiger partial charge in [-0.15, -0.1) is 0 Å². The second-order valence-corrected chi connectivity index (χ2v) is 5.28. The highest BCUT2D eigenvalue weighted by molar-refractivity contribution is 9.09. The SMILES string of the molecule is Cc1ccc(CC(Br)c2ccc(Cl)o2)cc1. The largest absolute Gasteiger partial charge is 0.449 e. The van der Waals surface area contributed by atoms with Gasteiger partial charge in [0.05, 0.1) is 4.83 Å². The number of benzene rings is 1. The minimum atomic E-state index is 0.169. The molecule has 0 aliphatic carbocycles. The van der Waals surface area contributed by atoms with E-state index in [-0.39, 0.29) is 4.83 Å². The van der Waals surface area contributed by atoms with Crippen molar-refractivity contribution >= 4 is 27.5 Å². The predicted octanol–water partition coefficient (Wildman–Crippen LogP) is 4.92. The van der Waals surface area contributed by atoms with Gasteiger partial charge in [0.25, 0.3) is 0 Å². The Hall–Kier alpha value is -0.730. The quantitative estimate of drug-likeness (QED) is 0.733. The molecule has 16 heavy (non-hydrogen) atoms. The molecule has 1 nitrogen and oxygen atoms in total. The van der Waals surface area contributed by atoms with Crippen molar-refractivity contribution in [1.82, 2.24) is 0 Å². The number of hydrogen-bond acceptors (Lipinski definition) is 1. The van der Waals surface area contributed by atoms with Gasteiger partial charge in [-0.05, 0) is 42.6 Å². The summed E-state index contributed by atoms with van der Waals surface area (Å²) < 4.78 is 5.36. The molecule has 0 amide bonds. The third-order valence-corrected chi connectivity index (χ3v) is 3.42. The van der Waals surface area contributed by atoms with Crippen LogP contribution in [0.4, 0.5) is 0 Å². The molecule has 0 radical (unpaired) electrons. The number of furan rings is 1. The Balaban J connectivity index is 2.07. The number of rotatable bonds is 3. The van der Waals surface area contributed by atoms with Crippen LogP contribution in [0.2, 0.25) is 5.22 Å². The number of halogens is 2. The average Bonchev–Trinajstić information content (AvgIpc) is 2.68. The average molecular weight is 300 g/mol. The second kappa shape index (κ2) is 5.07. The minimum Gasteiger partial charge on any atom is -0.449 e. The lowest BCUT2D eigenvalue weighted by molar-refractivity contribution is 0.509. The maximum atomic E-state index is 5.74. The molecule has 2 aromatic rings. The van der Waals surface area contributed by atoms with Gasteiger partial charge in [0, 0.05) is 0 Å². The first-order chi connectivity index (χ1) is 7.65.